The van der Waals surface area contributed by atoms with E-state index in [9.17, 15) is 8.42 Å². The number of ether oxygens (including phenoxy) is 1. The molecular weight excluding hydrogens is 276 g/mol. The minimum atomic E-state index is -3.15. The molecule has 2 aromatic rings. The molecule has 1 aromatic carbocycles. The van der Waals surface area contributed by atoms with Crippen LogP contribution in [0.3, 0.4) is 0 Å². The van der Waals surface area contributed by atoms with E-state index >= 15 is 0 Å². The summed E-state index contributed by atoms with van der Waals surface area (Å²) < 4.78 is 27.9. The number of pyridine rings is 1. The molecule has 0 bridgehead atoms. The van der Waals surface area contributed by atoms with Crippen LogP contribution in [0.25, 0.3) is 0 Å². The van der Waals surface area contributed by atoms with Gasteiger partial charge in [-0.2, -0.15) is 0 Å². The molecule has 1 aromatic heterocycles. The van der Waals surface area contributed by atoms with Crippen molar-refractivity contribution in [3.63, 3.8) is 0 Å². The highest BCUT2D eigenvalue weighted by Gasteiger charge is 2.07. The number of sulfone groups is 1. The van der Waals surface area contributed by atoms with E-state index in [0.717, 1.165) is 5.56 Å². The molecule has 1 heterocycles. The van der Waals surface area contributed by atoms with Crippen molar-refractivity contribution in [2.75, 3.05) is 18.7 Å². The second-order valence-corrected chi connectivity index (χ2v) is 6.34. The van der Waals surface area contributed by atoms with Crippen LogP contribution in [0.4, 0.5) is 5.82 Å². The summed E-state index contributed by atoms with van der Waals surface area (Å²) in [6.45, 7) is 0.539. The number of methoxy groups -OCH3 is 1. The molecule has 0 radical (unpaired) electrons. The van der Waals surface area contributed by atoms with Gasteiger partial charge in [0.1, 0.15) is 0 Å². The van der Waals surface area contributed by atoms with Crippen molar-refractivity contribution >= 4 is 15.7 Å². The lowest BCUT2D eigenvalue weighted by Crippen LogP contribution is -2.04. The van der Waals surface area contributed by atoms with Gasteiger partial charge in [0.2, 0.25) is 0 Å². The smallest absolute Gasteiger partial charge is 0.175 e. The van der Waals surface area contributed by atoms with Gasteiger partial charge in [-0.05, 0) is 29.8 Å². The first-order chi connectivity index (χ1) is 9.50. The Kier molecular flexibility index (Phi) is 4.24. The molecule has 0 amide bonds. The van der Waals surface area contributed by atoms with Gasteiger partial charge in [0, 0.05) is 19.0 Å². The van der Waals surface area contributed by atoms with Gasteiger partial charge in [-0.1, -0.05) is 12.1 Å². The molecule has 20 heavy (non-hydrogen) atoms. The average molecular weight is 292 g/mol. The molecule has 0 aliphatic rings. The molecule has 1 N–H and O–H groups in total. The van der Waals surface area contributed by atoms with E-state index in [-0.39, 0.29) is 0 Å². The summed E-state index contributed by atoms with van der Waals surface area (Å²) in [5.74, 6) is 1.32. The number of rotatable bonds is 5. The monoisotopic (exact) mass is 292 g/mol. The molecule has 2 rings (SSSR count). The van der Waals surface area contributed by atoms with Gasteiger partial charge in [-0.25, -0.2) is 13.4 Å². The standard InChI is InChI=1S/C14H16N2O3S/c1-19-13-4-3-9-15-14(13)16-10-11-5-7-12(8-6-11)20(2,17)18/h3-9H,10H2,1-2H3,(H,15,16). The molecule has 106 valence electrons. The van der Waals surface area contributed by atoms with Crippen molar-refractivity contribution in [3.05, 3.63) is 48.2 Å². The molecule has 5 nitrogen and oxygen atoms in total. The third-order valence-electron chi connectivity index (χ3n) is 2.80. The van der Waals surface area contributed by atoms with Crippen LogP contribution in [0.15, 0.2) is 47.5 Å². The van der Waals surface area contributed by atoms with Gasteiger partial charge in [0.05, 0.1) is 12.0 Å². The largest absolute Gasteiger partial charge is 0.493 e. The molecule has 0 aliphatic carbocycles. The van der Waals surface area contributed by atoms with Crippen molar-refractivity contribution in [2.45, 2.75) is 11.4 Å². The first-order valence-corrected chi connectivity index (χ1v) is 7.92. The van der Waals surface area contributed by atoms with Crippen molar-refractivity contribution < 1.29 is 13.2 Å². The summed E-state index contributed by atoms with van der Waals surface area (Å²) in [4.78, 5) is 4.51. The van der Waals surface area contributed by atoms with Gasteiger partial charge in [-0.15, -0.1) is 0 Å². The Hall–Kier alpha value is -2.08. The summed E-state index contributed by atoms with van der Waals surface area (Å²) in [5.41, 5.74) is 0.963. The molecule has 0 fully saturated rings. The van der Waals surface area contributed by atoms with E-state index in [1.807, 2.05) is 6.07 Å². The fraction of sp³-hybridized carbons (Fsp3) is 0.214. The fourth-order valence-electron chi connectivity index (χ4n) is 1.73. The maximum atomic E-state index is 11.4. The van der Waals surface area contributed by atoms with Gasteiger partial charge < -0.3 is 10.1 Å². The topological polar surface area (TPSA) is 68.3 Å². The SMILES string of the molecule is COc1cccnc1NCc1ccc(S(C)(=O)=O)cc1. The molecule has 0 saturated heterocycles. The Bertz CT molecular complexity index is 682. The summed E-state index contributed by atoms with van der Waals surface area (Å²) in [6.07, 6.45) is 2.87. The van der Waals surface area contributed by atoms with E-state index in [1.54, 1.807) is 43.6 Å². The van der Waals surface area contributed by atoms with Gasteiger partial charge >= 0.3 is 0 Å². The number of anilines is 1. The van der Waals surface area contributed by atoms with Crippen LogP contribution in [0, 0.1) is 0 Å². The maximum absolute atomic E-state index is 11.4. The molecule has 6 heteroatoms. The maximum Gasteiger partial charge on any atom is 0.175 e. The van der Waals surface area contributed by atoms with Crippen molar-refractivity contribution in [2.24, 2.45) is 0 Å². The summed E-state index contributed by atoms with van der Waals surface area (Å²) in [5, 5.41) is 3.15. The number of hydrogen-bond acceptors (Lipinski definition) is 5. The van der Waals surface area contributed by atoms with Crippen LogP contribution < -0.4 is 10.1 Å². The van der Waals surface area contributed by atoms with Gasteiger partial charge in [0.15, 0.2) is 21.4 Å². The quantitative estimate of drug-likeness (QED) is 0.914. The molecule has 0 unspecified atom stereocenters. The highest BCUT2D eigenvalue weighted by molar-refractivity contribution is 7.90. The first kappa shape index (κ1) is 14.3. The third kappa shape index (κ3) is 3.48. The normalized spacial score (nSPS) is 11.1. The van der Waals surface area contributed by atoms with Crippen LogP contribution in [0.5, 0.6) is 5.75 Å². The number of benzene rings is 1. The van der Waals surface area contributed by atoms with Crippen LogP contribution >= 0.6 is 0 Å². The van der Waals surface area contributed by atoms with Gasteiger partial charge in [0.25, 0.3) is 0 Å². The molecule has 0 aliphatic heterocycles. The zero-order chi connectivity index (χ0) is 14.6. The van der Waals surface area contributed by atoms with E-state index in [4.69, 9.17) is 4.74 Å². The molecule has 0 spiro atoms. The number of hydrogen-bond donors (Lipinski definition) is 1. The van der Waals surface area contributed by atoms with Crippen molar-refractivity contribution in [3.8, 4) is 5.75 Å². The lowest BCUT2D eigenvalue weighted by Gasteiger charge is -2.09. The number of nitrogens with one attached hydrogen (secondary N) is 1. The lowest BCUT2D eigenvalue weighted by atomic mass is 10.2. The van der Waals surface area contributed by atoms with Gasteiger partial charge in [-0.3, -0.25) is 0 Å². The van der Waals surface area contributed by atoms with Crippen LogP contribution in [0.2, 0.25) is 0 Å². The van der Waals surface area contributed by atoms with Crippen LogP contribution in [0.1, 0.15) is 5.56 Å². The molecule has 0 saturated carbocycles. The van der Waals surface area contributed by atoms with Crippen LogP contribution in [-0.4, -0.2) is 26.8 Å². The van der Waals surface area contributed by atoms with E-state index in [1.165, 1.54) is 6.26 Å². The predicted molar refractivity (Wildman–Crippen MR) is 77.7 cm³/mol. The zero-order valence-electron chi connectivity index (χ0n) is 11.3. The zero-order valence-corrected chi connectivity index (χ0v) is 12.1. The number of nitrogens with zero attached hydrogens (tertiary/aromatic N) is 1. The first-order valence-electron chi connectivity index (χ1n) is 6.02. The lowest BCUT2D eigenvalue weighted by molar-refractivity contribution is 0.415. The van der Waals surface area contributed by atoms with Crippen molar-refractivity contribution in [1.29, 1.82) is 0 Å². The summed E-state index contributed by atoms with van der Waals surface area (Å²) in [6, 6.07) is 10.4. The second kappa shape index (κ2) is 5.92. The second-order valence-electron chi connectivity index (χ2n) is 4.32. The predicted octanol–water partition coefficient (Wildman–Crippen LogP) is 2.11. The fourth-order valence-corrected chi connectivity index (χ4v) is 2.36. The molecular formula is C14H16N2O3S. The average Bonchev–Trinajstić information content (AvgIpc) is 2.45. The summed E-state index contributed by atoms with van der Waals surface area (Å²) in [7, 11) is -1.56. The Morgan fingerprint density at radius 1 is 1.20 bits per heavy atom. The Labute approximate surface area is 118 Å². The van der Waals surface area contributed by atoms with Crippen molar-refractivity contribution in [1.82, 2.24) is 4.98 Å². The Balaban J connectivity index is 2.08. The molecule has 0 atom stereocenters. The Morgan fingerprint density at radius 2 is 1.90 bits per heavy atom. The highest BCUT2D eigenvalue weighted by atomic mass is 32.2. The number of aromatic nitrogens is 1. The third-order valence-corrected chi connectivity index (χ3v) is 3.93. The van der Waals surface area contributed by atoms with E-state index in [0.29, 0.717) is 23.0 Å². The highest BCUT2D eigenvalue weighted by Crippen LogP contribution is 2.20. The minimum absolute atomic E-state index is 0.316. The van der Waals surface area contributed by atoms with E-state index < -0.39 is 9.84 Å². The Morgan fingerprint density at radius 3 is 2.50 bits per heavy atom. The van der Waals surface area contributed by atoms with E-state index in [2.05, 4.69) is 10.3 Å². The van der Waals surface area contributed by atoms with Crippen LogP contribution in [-0.2, 0) is 16.4 Å². The minimum Gasteiger partial charge on any atom is -0.493 e. The summed E-state index contributed by atoms with van der Waals surface area (Å²) >= 11 is 0.